The molecule has 1 saturated heterocycles. The number of amides is 2. The molecule has 0 aromatic heterocycles. The van der Waals surface area contributed by atoms with Crippen molar-refractivity contribution in [2.24, 2.45) is 0 Å². The fourth-order valence-electron chi connectivity index (χ4n) is 3.29. The zero-order chi connectivity index (χ0) is 19.8. The van der Waals surface area contributed by atoms with Crippen molar-refractivity contribution in [3.05, 3.63) is 83.0 Å². The van der Waals surface area contributed by atoms with Crippen molar-refractivity contribution < 1.29 is 14.0 Å². The number of carbonyl (C=O) groups excluding carboxylic acids is 2. The van der Waals surface area contributed by atoms with Gasteiger partial charge < -0.3 is 4.90 Å². The Morgan fingerprint density at radius 1 is 1.04 bits per heavy atom. The summed E-state index contributed by atoms with van der Waals surface area (Å²) in [6, 6.07) is 13.6. The van der Waals surface area contributed by atoms with Crippen LogP contribution in [0.1, 0.15) is 11.1 Å². The van der Waals surface area contributed by atoms with Gasteiger partial charge in [0.25, 0.3) is 11.8 Å². The summed E-state index contributed by atoms with van der Waals surface area (Å²) >= 11 is 6.41. The van der Waals surface area contributed by atoms with Gasteiger partial charge in [-0.1, -0.05) is 66.5 Å². The number of hydrogen-bond acceptors (Lipinski definition) is 4. The van der Waals surface area contributed by atoms with Gasteiger partial charge in [-0.25, -0.2) is 4.39 Å². The summed E-state index contributed by atoms with van der Waals surface area (Å²) in [5, 5.41) is 0. The Morgan fingerprint density at radius 2 is 1.75 bits per heavy atom. The molecule has 2 amide bonds. The molecule has 4 nitrogen and oxygen atoms in total. The largest absolute Gasteiger partial charge is 0.303 e. The van der Waals surface area contributed by atoms with Crippen LogP contribution in [0.2, 0.25) is 0 Å². The second-order valence-corrected chi connectivity index (χ2v) is 7.92. The van der Waals surface area contributed by atoms with E-state index in [0.717, 1.165) is 11.8 Å². The van der Waals surface area contributed by atoms with Crippen LogP contribution in [-0.2, 0) is 16.1 Å². The van der Waals surface area contributed by atoms with E-state index in [2.05, 4.69) is 6.58 Å². The van der Waals surface area contributed by atoms with Crippen LogP contribution < -0.4 is 4.90 Å². The molecule has 0 atom stereocenters. The first kappa shape index (κ1) is 18.6. The van der Waals surface area contributed by atoms with E-state index in [1.807, 2.05) is 12.1 Å². The molecule has 0 spiro atoms. The van der Waals surface area contributed by atoms with Crippen LogP contribution in [-0.4, -0.2) is 27.6 Å². The highest BCUT2D eigenvalue weighted by Gasteiger charge is 2.41. The van der Waals surface area contributed by atoms with Gasteiger partial charge in [-0.2, -0.15) is 0 Å². The summed E-state index contributed by atoms with van der Waals surface area (Å²) in [6.45, 7) is 4.01. The number of hydrogen-bond donors (Lipinski definition) is 0. The molecular weight excluding hydrogens is 395 g/mol. The lowest BCUT2D eigenvalue weighted by Crippen LogP contribution is -2.29. The maximum absolute atomic E-state index is 14.2. The van der Waals surface area contributed by atoms with Crippen molar-refractivity contribution in [1.29, 1.82) is 0 Å². The lowest BCUT2D eigenvalue weighted by Gasteiger charge is -2.17. The summed E-state index contributed by atoms with van der Waals surface area (Å²) in [5.41, 5.74) is 2.03. The van der Waals surface area contributed by atoms with E-state index in [4.69, 9.17) is 12.2 Å². The Kier molecular flexibility index (Phi) is 4.87. The molecule has 7 heteroatoms. The van der Waals surface area contributed by atoms with Gasteiger partial charge >= 0.3 is 0 Å². The zero-order valence-corrected chi connectivity index (χ0v) is 16.4. The van der Waals surface area contributed by atoms with E-state index in [-0.39, 0.29) is 30.7 Å². The predicted molar refractivity (Wildman–Crippen MR) is 113 cm³/mol. The van der Waals surface area contributed by atoms with Crippen molar-refractivity contribution in [2.45, 2.75) is 6.54 Å². The van der Waals surface area contributed by atoms with E-state index in [1.54, 1.807) is 36.4 Å². The van der Waals surface area contributed by atoms with E-state index < -0.39 is 0 Å². The third-order valence-corrected chi connectivity index (χ3v) is 6.05. The van der Waals surface area contributed by atoms with Gasteiger partial charge in [-0.15, -0.1) is 6.58 Å². The monoisotopic (exact) mass is 410 g/mol. The lowest BCUT2D eigenvalue weighted by molar-refractivity contribution is -0.122. The molecule has 140 valence electrons. The molecule has 2 aliphatic heterocycles. The summed E-state index contributed by atoms with van der Waals surface area (Å²) < 4.78 is 14.5. The number of nitrogens with zero attached hydrogens (tertiary/aromatic N) is 2. The minimum absolute atomic E-state index is 0.0823. The molecule has 2 aromatic rings. The number of fused-ring (bicyclic) bond motifs is 1. The normalized spacial score (nSPS) is 18.8. The van der Waals surface area contributed by atoms with Crippen molar-refractivity contribution in [3.63, 3.8) is 0 Å². The van der Waals surface area contributed by atoms with Gasteiger partial charge in [0.05, 0.1) is 22.7 Å². The van der Waals surface area contributed by atoms with Crippen molar-refractivity contribution in [2.75, 3.05) is 11.4 Å². The first-order valence-corrected chi connectivity index (χ1v) is 9.79. The standard InChI is InChI=1S/C21H15FN2O2S2/c1-2-11-23-20(26)18(28-21(23)27)17-14-8-4-6-10-16(14)24(19(17)25)12-13-7-3-5-9-15(13)22/h2-10H,1,11-12H2/b18-17-. The molecule has 0 saturated carbocycles. The second kappa shape index (κ2) is 7.33. The van der Waals surface area contributed by atoms with Crippen LogP contribution in [0, 0.1) is 5.82 Å². The zero-order valence-electron chi connectivity index (χ0n) is 14.7. The highest BCUT2D eigenvalue weighted by Crippen LogP contribution is 2.45. The molecule has 2 aromatic carbocycles. The second-order valence-electron chi connectivity index (χ2n) is 6.28. The van der Waals surface area contributed by atoms with E-state index in [9.17, 15) is 14.0 Å². The fourth-order valence-corrected chi connectivity index (χ4v) is 4.64. The molecule has 2 heterocycles. The number of halogens is 1. The van der Waals surface area contributed by atoms with Gasteiger partial charge in [0.15, 0.2) is 0 Å². The average Bonchev–Trinajstić information content (AvgIpc) is 3.12. The number of thiocarbonyl (C=S) groups is 1. The third-order valence-electron chi connectivity index (χ3n) is 4.60. The molecule has 2 aliphatic rings. The number of thioether (sulfide) groups is 1. The smallest absolute Gasteiger partial charge is 0.267 e. The van der Waals surface area contributed by atoms with Gasteiger partial charge in [-0.05, 0) is 12.1 Å². The lowest BCUT2D eigenvalue weighted by atomic mass is 10.1. The third kappa shape index (κ3) is 2.96. The Morgan fingerprint density at radius 3 is 2.50 bits per heavy atom. The molecular formula is C21H15FN2O2S2. The summed E-state index contributed by atoms with van der Waals surface area (Å²) in [6.07, 6.45) is 1.59. The van der Waals surface area contributed by atoms with Crippen LogP contribution in [0.4, 0.5) is 10.1 Å². The summed E-state index contributed by atoms with van der Waals surface area (Å²) in [7, 11) is 0. The Hall–Kier alpha value is -2.77. The molecule has 1 fully saturated rings. The Labute approximate surface area is 171 Å². The van der Waals surface area contributed by atoms with E-state index in [0.29, 0.717) is 31.6 Å². The predicted octanol–water partition coefficient (Wildman–Crippen LogP) is 4.13. The van der Waals surface area contributed by atoms with Crippen LogP contribution >= 0.6 is 24.0 Å². The SMILES string of the molecule is C=CCN1C(=O)/C(=C2/C(=O)N(Cc3ccccc3F)c3ccccc32)SC1=S. The minimum atomic E-state index is -0.376. The highest BCUT2D eigenvalue weighted by atomic mass is 32.2. The molecule has 0 bridgehead atoms. The quantitative estimate of drug-likeness (QED) is 0.432. The highest BCUT2D eigenvalue weighted by molar-refractivity contribution is 8.26. The van der Waals surface area contributed by atoms with Crippen LogP contribution in [0.3, 0.4) is 0 Å². The Bertz CT molecular complexity index is 1060. The number of carbonyl (C=O) groups is 2. The first-order chi connectivity index (χ1) is 13.5. The van der Waals surface area contributed by atoms with E-state index in [1.165, 1.54) is 15.9 Å². The maximum atomic E-state index is 14.2. The van der Waals surface area contributed by atoms with Crippen LogP contribution in [0.15, 0.2) is 66.1 Å². The van der Waals surface area contributed by atoms with Gasteiger partial charge in [-0.3, -0.25) is 14.5 Å². The topological polar surface area (TPSA) is 40.6 Å². The molecule has 28 heavy (non-hydrogen) atoms. The minimum Gasteiger partial charge on any atom is -0.303 e. The van der Waals surface area contributed by atoms with Crippen molar-refractivity contribution >= 4 is 51.4 Å². The maximum Gasteiger partial charge on any atom is 0.267 e. The number of anilines is 1. The number of para-hydroxylation sites is 1. The van der Waals surface area contributed by atoms with Crippen molar-refractivity contribution in [1.82, 2.24) is 4.90 Å². The number of benzene rings is 2. The van der Waals surface area contributed by atoms with Gasteiger partial charge in [0.1, 0.15) is 10.1 Å². The average molecular weight is 410 g/mol. The van der Waals surface area contributed by atoms with Crippen LogP contribution in [0.5, 0.6) is 0 Å². The van der Waals surface area contributed by atoms with Crippen molar-refractivity contribution in [3.8, 4) is 0 Å². The summed E-state index contributed by atoms with van der Waals surface area (Å²) in [5.74, 6) is -1.01. The molecule has 4 rings (SSSR count). The fraction of sp³-hybridized carbons (Fsp3) is 0.0952. The van der Waals surface area contributed by atoms with Crippen LogP contribution in [0.25, 0.3) is 5.57 Å². The number of rotatable bonds is 4. The Balaban J connectivity index is 1.80. The molecule has 0 radical (unpaired) electrons. The molecule has 0 N–H and O–H groups in total. The van der Waals surface area contributed by atoms with E-state index >= 15 is 0 Å². The van der Waals surface area contributed by atoms with Gasteiger partial charge in [0.2, 0.25) is 0 Å². The van der Waals surface area contributed by atoms with Gasteiger partial charge in [0, 0.05) is 17.7 Å². The molecule has 0 aliphatic carbocycles. The summed E-state index contributed by atoms with van der Waals surface area (Å²) in [4.78, 5) is 29.4. The molecule has 0 unspecified atom stereocenters. The first-order valence-electron chi connectivity index (χ1n) is 8.56.